The Morgan fingerprint density at radius 3 is 2.81 bits per heavy atom. The number of carbonyl (C=O) groups is 1. The van der Waals surface area contributed by atoms with Gasteiger partial charge in [0.05, 0.1) is 18.0 Å². The van der Waals surface area contributed by atoms with Gasteiger partial charge in [-0.2, -0.15) is 0 Å². The van der Waals surface area contributed by atoms with Gasteiger partial charge in [0, 0.05) is 16.6 Å². The van der Waals surface area contributed by atoms with E-state index in [2.05, 4.69) is 15.9 Å². The maximum atomic E-state index is 10.6. The molecule has 0 heterocycles. The van der Waals surface area contributed by atoms with Crippen LogP contribution in [0.4, 0.5) is 5.69 Å². The molecule has 0 aliphatic heterocycles. The van der Waals surface area contributed by atoms with E-state index in [0.717, 1.165) is 0 Å². The van der Waals surface area contributed by atoms with Crippen LogP contribution in [0.25, 0.3) is 0 Å². The lowest BCUT2D eigenvalue weighted by Gasteiger charge is -2.05. The Balaban J connectivity index is 2.80. The van der Waals surface area contributed by atoms with Gasteiger partial charge in [0.2, 0.25) is 0 Å². The van der Waals surface area contributed by atoms with E-state index >= 15 is 0 Å². The Morgan fingerprint density at radius 2 is 2.25 bits per heavy atom. The van der Waals surface area contributed by atoms with Crippen molar-refractivity contribution in [2.45, 2.75) is 6.42 Å². The number of rotatable bonds is 5. The maximum absolute atomic E-state index is 10.6. The summed E-state index contributed by atoms with van der Waals surface area (Å²) >= 11 is 3.15. The molecule has 0 atom stereocenters. The molecular weight excluding hydrogens is 282 g/mol. The van der Waals surface area contributed by atoms with E-state index in [1.807, 2.05) is 0 Å². The van der Waals surface area contributed by atoms with Gasteiger partial charge in [-0.25, -0.2) is 0 Å². The van der Waals surface area contributed by atoms with Crippen LogP contribution in [0, 0.1) is 10.1 Å². The maximum Gasteiger partial charge on any atom is 0.310 e. The molecule has 0 unspecified atom stereocenters. The summed E-state index contributed by atoms with van der Waals surface area (Å²) in [5, 5.41) is 19.0. The van der Waals surface area contributed by atoms with Crippen molar-refractivity contribution >= 4 is 27.6 Å². The Kier molecular flexibility index (Phi) is 4.24. The van der Waals surface area contributed by atoms with E-state index in [-0.39, 0.29) is 24.5 Å². The molecular formula is C9H8BrNO5. The van der Waals surface area contributed by atoms with Crippen LogP contribution in [-0.4, -0.2) is 22.6 Å². The highest BCUT2D eigenvalue weighted by Crippen LogP contribution is 2.30. The van der Waals surface area contributed by atoms with Gasteiger partial charge in [0.1, 0.15) is 0 Å². The lowest BCUT2D eigenvalue weighted by molar-refractivity contribution is -0.385. The fraction of sp³-hybridized carbons (Fsp3) is 0.222. The number of nitro benzene ring substituents is 1. The van der Waals surface area contributed by atoms with E-state index in [1.165, 1.54) is 18.2 Å². The van der Waals surface area contributed by atoms with Crippen LogP contribution in [0.15, 0.2) is 22.7 Å². The first kappa shape index (κ1) is 12.4. The second kappa shape index (κ2) is 5.45. The molecule has 0 saturated carbocycles. The van der Waals surface area contributed by atoms with Crippen molar-refractivity contribution in [3.8, 4) is 5.75 Å². The first-order valence-corrected chi connectivity index (χ1v) is 5.08. The van der Waals surface area contributed by atoms with E-state index in [0.29, 0.717) is 4.47 Å². The van der Waals surface area contributed by atoms with Gasteiger partial charge >= 0.3 is 11.7 Å². The van der Waals surface area contributed by atoms with Gasteiger partial charge in [0.15, 0.2) is 5.75 Å². The molecule has 0 aromatic heterocycles. The lowest BCUT2D eigenvalue weighted by Crippen LogP contribution is -2.06. The normalized spacial score (nSPS) is 9.81. The molecule has 16 heavy (non-hydrogen) atoms. The lowest BCUT2D eigenvalue weighted by atomic mass is 10.3. The molecule has 6 nitrogen and oxygen atoms in total. The molecule has 0 spiro atoms. The number of aliphatic carboxylic acids is 1. The molecule has 0 bridgehead atoms. The van der Waals surface area contributed by atoms with Crippen molar-refractivity contribution < 1.29 is 19.6 Å². The van der Waals surface area contributed by atoms with Crippen LogP contribution in [0.1, 0.15) is 6.42 Å². The summed E-state index contributed by atoms with van der Waals surface area (Å²) in [6, 6.07) is 4.24. The minimum atomic E-state index is -1.02. The molecule has 0 saturated heterocycles. The minimum absolute atomic E-state index is 0.0561. The number of hydrogen-bond acceptors (Lipinski definition) is 4. The summed E-state index contributed by atoms with van der Waals surface area (Å²) in [7, 11) is 0. The number of nitrogens with zero attached hydrogens (tertiary/aromatic N) is 1. The van der Waals surface area contributed by atoms with E-state index in [9.17, 15) is 14.9 Å². The highest BCUT2D eigenvalue weighted by atomic mass is 79.9. The van der Waals surface area contributed by atoms with Gasteiger partial charge in [0.25, 0.3) is 0 Å². The highest BCUT2D eigenvalue weighted by molar-refractivity contribution is 9.10. The van der Waals surface area contributed by atoms with Gasteiger partial charge in [-0.05, 0) is 6.07 Å². The number of nitro groups is 1. The molecule has 1 N–H and O–H groups in total. The summed E-state index contributed by atoms with van der Waals surface area (Å²) in [5.41, 5.74) is -0.186. The average Bonchev–Trinajstić information content (AvgIpc) is 2.16. The second-order valence-corrected chi connectivity index (χ2v) is 3.78. The number of hydrogen-bond donors (Lipinski definition) is 1. The third-order valence-corrected chi connectivity index (χ3v) is 2.19. The Hall–Kier alpha value is -1.63. The number of halogens is 1. The molecule has 1 aromatic carbocycles. The Morgan fingerprint density at radius 1 is 1.56 bits per heavy atom. The van der Waals surface area contributed by atoms with Crippen molar-refractivity contribution in [2.24, 2.45) is 0 Å². The standard InChI is InChI=1S/C9H8BrNO5/c10-6-1-2-7(11(14)15)8(5-6)16-4-3-9(12)13/h1-2,5H,3-4H2,(H,12,13). The summed E-state index contributed by atoms with van der Waals surface area (Å²) in [4.78, 5) is 20.3. The minimum Gasteiger partial charge on any atom is -0.486 e. The van der Waals surface area contributed by atoms with Gasteiger partial charge in [-0.3, -0.25) is 14.9 Å². The molecule has 0 amide bonds. The van der Waals surface area contributed by atoms with Crippen LogP contribution in [-0.2, 0) is 4.79 Å². The zero-order valence-corrected chi connectivity index (χ0v) is 9.64. The smallest absolute Gasteiger partial charge is 0.310 e. The van der Waals surface area contributed by atoms with Crippen molar-refractivity contribution in [3.63, 3.8) is 0 Å². The molecule has 0 aliphatic carbocycles. The molecule has 0 fully saturated rings. The Labute approximate surface area is 99.1 Å². The first-order chi connectivity index (χ1) is 7.50. The second-order valence-electron chi connectivity index (χ2n) is 2.86. The monoisotopic (exact) mass is 289 g/mol. The van der Waals surface area contributed by atoms with E-state index in [1.54, 1.807) is 0 Å². The fourth-order valence-electron chi connectivity index (χ4n) is 1.00. The van der Waals surface area contributed by atoms with Crippen molar-refractivity contribution in [2.75, 3.05) is 6.61 Å². The fourth-order valence-corrected chi connectivity index (χ4v) is 1.34. The highest BCUT2D eigenvalue weighted by Gasteiger charge is 2.15. The first-order valence-electron chi connectivity index (χ1n) is 4.29. The predicted octanol–water partition coefficient (Wildman–Crippen LogP) is 2.21. The van der Waals surface area contributed by atoms with Gasteiger partial charge < -0.3 is 9.84 Å². The summed E-state index contributed by atoms with van der Waals surface area (Å²) < 4.78 is 5.67. The van der Waals surface area contributed by atoms with Crippen molar-refractivity contribution in [3.05, 3.63) is 32.8 Å². The van der Waals surface area contributed by atoms with Crippen molar-refractivity contribution in [1.82, 2.24) is 0 Å². The van der Waals surface area contributed by atoms with Crippen molar-refractivity contribution in [1.29, 1.82) is 0 Å². The zero-order chi connectivity index (χ0) is 12.1. The summed E-state index contributed by atoms with van der Waals surface area (Å²) in [6.45, 7) is -0.105. The van der Waals surface area contributed by atoms with Gasteiger partial charge in [-0.15, -0.1) is 0 Å². The van der Waals surface area contributed by atoms with Crippen LogP contribution in [0.5, 0.6) is 5.75 Å². The molecule has 7 heteroatoms. The summed E-state index contributed by atoms with van der Waals surface area (Å²) in [6.07, 6.45) is -0.205. The van der Waals surface area contributed by atoms with Crippen LogP contribution < -0.4 is 4.74 Å². The van der Waals surface area contributed by atoms with E-state index in [4.69, 9.17) is 9.84 Å². The predicted molar refractivity (Wildman–Crippen MR) is 58.5 cm³/mol. The molecule has 0 aliphatic rings. The van der Waals surface area contributed by atoms with Crippen LogP contribution in [0.3, 0.4) is 0 Å². The number of ether oxygens (including phenoxy) is 1. The third-order valence-electron chi connectivity index (χ3n) is 1.69. The average molecular weight is 290 g/mol. The topological polar surface area (TPSA) is 89.7 Å². The SMILES string of the molecule is O=C(O)CCOc1cc(Br)ccc1[N+](=O)[O-]. The molecule has 86 valence electrons. The molecule has 0 radical (unpaired) electrons. The Bertz CT molecular complexity index is 420. The van der Waals surface area contributed by atoms with Gasteiger partial charge in [-0.1, -0.05) is 15.9 Å². The molecule has 1 aromatic rings. The quantitative estimate of drug-likeness (QED) is 0.663. The van der Waals surface area contributed by atoms with Crippen LogP contribution >= 0.6 is 15.9 Å². The van der Waals surface area contributed by atoms with E-state index < -0.39 is 10.9 Å². The number of benzene rings is 1. The number of carboxylic acids is 1. The number of carboxylic acid groups (broad SMARTS) is 1. The van der Waals surface area contributed by atoms with Crippen LogP contribution in [0.2, 0.25) is 0 Å². The zero-order valence-electron chi connectivity index (χ0n) is 8.05. The summed E-state index contributed by atoms with van der Waals surface area (Å²) in [5.74, 6) is -0.960. The largest absolute Gasteiger partial charge is 0.486 e. The molecule has 1 rings (SSSR count). The third kappa shape index (κ3) is 3.50.